The molecule has 0 unspecified atom stereocenters. The fourth-order valence-corrected chi connectivity index (χ4v) is 2.38. The molecule has 1 aliphatic carbocycles. The molecular weight excluding hydrogens is 276 g/mol. The minimum absolute atomic E-state index is 0.0449. The Bertz CT molecular complexity index is 607. The second kappa shape index (κ2) is 5.51. The van der Waals surface area contributed by atoms with Gasteiger partial charge in [-0.15, -0.1) is 0 Å². The van der Waals surface area contributed by atoms with Crippen molar-refractivity contribution in [2.45, 2.75) is 26.2 Å². The first kappa shape index (κ1) is 15.0. The number of non-ortho nitro benzene ring substituents is 1. The van der Waals surface area contributed by atoms with E-state index in [1.807, 2.05) is 0 Å². The number of amides is 1. The highest BCUT2D eigenvalue weighted by molar-refractivity contribution is 5.96. The molecule has 2 rings (SSSR count). The molecule has 0 bridgehead atoms. The number of carboxylic acid groups (broad SMARTS) is 1. The van der Waals surface area contributed by atoms with Crippen LogP contribution >= 0.6 is 0 Å². The molecule has 1 aromatic carbocycles. The van der Waals surface area contributed by atoms with Gasteiger partial charge in [-0.3, -0.25) is 19.7 Å². The summed E-state index contributed by atoms with van der Waals surface area (Å²) in [5.74, 6) is -1.39. The number of hydrogen-bond donors (Lipinski definition) is 2. The first-order chi connectivity index (χ1) is 9.85. The topological polar surface area (TPSA) is 110 Å². The highest BCUT2D eigenvalue weighted by atomic mass is 16.6. The van der Waals surface area contributed by atoms with Crippen LogP contribution in [0.25, 0.3) is 0 Å². The third-order valence-electron chi connectivity index (χ3n) is 4.03. The van der Waals surface area contributed by atoms with E-state index in [0.29, 0.717) is 18.4 Å². The highest BCUT2D eigenvalue weighted by Gasteiger charge is 2.44. The Kier molecular flexibility index (Phi) is 3.93. The van der Waals surface area contributed by atoms with Crippen molar-refractivity contribution in [1.29, 1.82) is 0 Å². The number of carbonyl (C=O) groups excluding carboxylic acids is 1. The van der Waals surface area contributed by atoms with Crippen molar-refractivity contribution in [1.82, 2.24) is 5.32 Å². The summed E-state index contributed by atoms with van der Waals surface area (Å²) in [6, 6.07) is 4.04. The van der Waals surface area contributed by atoms with Gasteiger partial charge in [0.1, 0.15) is 0 Å². The summed E-state index contributed by atoms with van der Waals surface area (Å²) in [5, 5.41) is 22.5. The molecule has 0 spiro atoms. The summed E-state index contributed by atoms with van der Waals surface area (Å²) in [5.41, 5.74) is -0.243. The Morgan fingerprint density at radius 3 is 2.57 bits per heavy atom. The molecule has 7 heteroatoms. The number of aliphatic carboxylic acids is 1. The summed E-state index contributed by atoms with van der Waals surface area (Å²) in [4.78, 5) is 33.5. The third-order valence-corrected chi connectivity index (χ3v) is 4.03. The van der Waals surface area contributed by atoms with E-state index < -0.39 is 22.2 Å². The van der Waals surface area contributed by atoms with Gasteiger partial charge in [-0.1, -0.05) is 12.5 Å². The van der Waals surface area contributed by atoms with E-state index in [1.165, 1.54) is 18.2 Å². The van der Waals surface area contributed by atoms with Gasteiger partial charge in [0.15, 0.2) is 0 Å². The summed E-state index contributed by atoms with van der Waals surface area (Å²) in [6.45, 7) is 1.72. The minimum atomic E-state index is -0.912. The molecule has 0 saturated heterocycles. The summed E-state index contributed by atoms with van der Waals surface area (Å²) in [7, 11) is 0. The largest absolute Gasteiger partial charge is 0.481 e. The number of carbonyl (C=O) groups is 2. The van der Waals surface area contributed by atoms with Gasteiger partial charge in [0.2, 0.25) is 0 Å². The van der Waals surface area contributed by atoms with E-state index in [4.69, 9.17) is 0 Å². The van der Waals surface area contributed by atoms with Crippen molar-refractivity contribution in [2.24, 2.45) is 5.41 Å². The fourth-order valence-electron chi connectivity index (χ4n) is 2.38. The Hall–Kier alpha value is -2.44. The lowest BCUT2D eigenvalue weighted by molar-refractivity contribution is -0.384. The van der Waals surface area contributed by atoms with Gasteiger partial charge in [0.25, 0.3) is 11.6 Å². The molecule has 1 amide bonds. The van der Waals surface area contributed by atoms with Crippen LogP contribution < -0.4 is 5.32 Å². The van der Waals surface area contributed by atoms with E-state index in [1.54, 1.807) is 6.92 Å². The molecule has 2 N–H and O–H groups in total. The number of aryl methyl sites for hydroxylation is 1. The van der Waals surface area contributed by atoms with Crippen molar-refractivity contribution >= 4 is 17.6 Å². The lowest BCUT2D eigenvalue weighted by Crippen LogP contribution is -2.47. The Balaban J connectivity index is 2.12. The van der Waals surface area contributed by atoms with Crippen molar-refractivity contribution < 1.29 is 19.6 Å². The highest BCUT2D eigenvalue weighted by Crippen LogP contribution is 2.40. The Morgan fingerprint density at radius 2 is 2.10 bits per heavy atom. The molecule has 0 radical (unpaired) electrons. The predicted molar refractivity (Wildman–Crippen MR) is 74.1 cm³/mol. The molecular formula is C14H16N2O5. The van der Waals surface area contributed by atoms with E-state index in [2.05, 4.69) is 5.32 Å². The van der Waals surface area contributed by atoms with E-state index in [9.17, 15) is 24.8 Å². The van der Waals surface area contributed by atoms with Crippen LogP contribution in [0.5, 0.6) is 0 Å². The van der Waals surface area contributed by atoms with Crippen LogP contribution in [-0.2, 0) is 4.79 Å². The summed E-state index contributed by atoms with van der Waals surface area (Å²) in [6.07, 6.45) is 1.91. The zero-order chi connectivity index (χ0) is 15.6. The molecule has 21 heavy (non-hydrogen) atoms. The molecule has 7 nitrogen and oxygen atoms in total. The second-order valence-corrected chi connectivity index (χ2v) is 5.38. The lowest BCUT2D eigenvalue weighted by Gasteiger charge is -2.37. The second-order valence-electron chi connectivity index (χ2n) is 5.38. The van der Waals surface area contributed by atoms with E-state index in [0.717, 1.165) is 6.42 Å². The van der Waals surface area contributed by atoms with Crippen LogP contribution in [0.1, 0.15) is 35.2 Å². The number of nitrogens with one attached hydrogen (secondary N) is 1. The molecule has 0 atom stereocenters. The molecule has 0 aliphatic heterocycles. The number of rotatable bonds is 5. The molecule has 0 heterocycles. The molecule has 1 fully saturated rings. The van der Waals surface area contributed by atoms with Crippen LogP contribution in [0.4, 0.5) is 5.69 Å². The zero-order valence-electron chi connectivity index (χ0n) is 11.6. The zero-order valence-corrected chi connectivity index (χ0v) is 11.6. The predicted octanol–water partition coefficient (Wildman–Crippen LogP) is 1.89. The van der Waals surface area contributed by atoms with Gasteiger partial charge in [-0.2, -0.15) is 0 Å². The average Bonchev–Trinajstić information content (AvgIpc) is 2.36. The molecule has 1 saturated carbocycles. The van der Waals surface area contributed by atoms with Crippen molar-refractivity contribution in [3.05, 3.63) is 39.4 Å². The molecule has 1 aromatic rings. The number of carboxylic acids is 1. The maximum atomic E-state index is 12.1. The number of nitrogens with zero attached hydrogens (tertiary/aromatic N) is 1. The monoisotopic (exact) mass is 292 g/mol. The Labute approximate surface area is 121 Å². The number of nitro benzene ring substituents is 1. The van der Waals surface area contributed by atoms with Crippen LogP contribution in [-0.4, -0.2) is 28.5 Å². The van der Waals surface area contributed by atoms with Crippen molar-refractivity contribution in [3.8, 4) is 0 Å². The van der Waals surface area contributed by atoms with Crippen molar-refractivity contribution in [3.63, 3.8) is 0 Å². The van der Waals surface area contributed by atoms with E-state index >= 15 is 0 Å². The number of benzene rings is 1. The number of hydrogen-bond acceptors (Lipinski definition) is 4. The van der Waals surface area contributed by atoms with E-state index in [-0.39, 0.29) is 17.8 Å². The van der Waals surface area contributed by atoms with Gasteiger partial charge < -0.3 is 10.4 Å². The Morgan fingerprint density at radius 1 is 1.43 bits per heavy atom. The van der Waals surface area contributed by atoms with Crippen molar-refractivity contribution in [2.75, 3.05) is 6.54 Å². The third kappa shape index (κ3) is 2.86. The van der Waals surface area contributed by atoms with Gasteiger partial charge in [-0.05, 0) is 25.3 Å². The molecule has 112 valence electrons. The summed E-state index contributed by atoms with van der Waals surface area (Å²) >= 11 is 0. The SMILES string of the molecule is Cc1ccc([N+](=O)[O-])cc1C(=O)NCC1(C(=O)O)CCC1. The smallest absolute Gasteiger partial charge is 0.311 e. The normalized spacial score (nSPS) is 15.9. The van der Waals surface area contributed by atoms with Crippen LogP contribution in [0.3, 0.4) is 0 Å². The maximum Gasteiger partial charge on any atom is 0.311 e. The quantitative estimate of drug-likeness (QED) is 0.636. The fraction of sp³-hybridized carbons (Fsp3) is 0.429. The maximum absolute atomic E-state index is 12.1. The lowest BCUT2D eigenvalue weighted by atomic mass is 9.69. The van der Waals surface area contributed by atoms with Gasteiger partial charge in [-0.25, -0.2) is 0 Å². The molecule has 1 aliphatic rings. The van der Waals surface area contributed by atoms with Gasteiger partial charge in [0, 0.05) is 24.2 Å². The van der Waals surface area contributed by atoms with Crippen LogP contribution in [0.2, 0.25) is 0 Å². The average molecular weight is 292 g/mol. The van der Waals surface area contributed by atoms with Gasteiger partial charge >= 0.3 is 5.97 Å². The molecule has 0 aromatic heterocycles. The summed E-state index contributed by atoms with van der Waals surface area (Å²) < 4.78 is 0. The minimum Gasteiger partial charge on any atom is -0.481 e. The van der Waals surface area contributed by atoms with Crippen LogP contribution in [0, 0.1) is 22.5 Å². The number of nitro groups is 1. The van der Waals surface area contributed by atoms with Crippen LogP contribution in [0.15, 0.2) is 18.2 Å². The first-order valence-corrected chi connectivity index (χ1v) is 6.62. The van der Waals surface area contributed by atoms with Gasteiger partial charge in [0.05, 0.1) is 10.3 Å². The standard InChI is InChI=1S/C14H16N2O5/c1-9-3-4-10(16(20)21)7-11(9)12(17)15-8-14(13(18)19)5-2-6-14/h3-4,7H,2,5-6,8H2,1H3,(H,15,17)(H,18,19). The first-order valence-electron chi connectivity index (χ1n) is 6.62.